The van der Waals surface area contributed by atoms with Gasteiger partial charge in [-0.3, -0.25) is 9.59 Å². The molecule has 6 heteroatoms. The molecule has 0 rings (SSSR count). The number of aliphatic hydroxyl groups is 2. The fourth-order valence-corrected chi connectivity index (χ4v) is 9.23. The van der Waals surface area contributed by atoms with E-state index in [1.165, 1.54) is 250 Å². The average molecular weight is 893 g/mol. The molecule has 2 unspecified atom stereocenters. The van der Waals surface area contributed by atoms with Crippen molar-refractivity contribution in [2.45, 2.75) is 341 Å². The highest BCUT2D eigenvalue weighted by Gasteiger charge is 2.20. The van der Waals surface area contributed by atoms with Gasteiger partial charge in [0.1, 0.15) is 0 Å². The van der Waals surface area contributed by atoms with Crippen LogP contribution in [-0.2, 0) is 14.3 Å². The first kappa shape index (κ1) is 61.9. The second kappa shape index (κ2) is 53.5. The van der Waals surface area contributed by atoms with Gasteiger partial charge in [-0.2, -0.15) is 0 Å². The van der Waals surface area contributed by atoms with E-state index in [4.69, 9.17) is 4.74 Å². The number of nitrogens with one attached hydrogen (secondary N) is 1. The maximum absolute atomic E-state index is 12.5. The van der Waals surface area contributed by atoms with Crippen molar-refractivity contribution in [3.63, 3.8) is 0 Å². The third-order valence-corrected chi connectivity index (χ3v) is 13.7. The first-order valence-electron chi connectivity index (χ1n) is 28.8. The zero-order valence-corrected chi connectivity index (χ0v) is 42.8. The van der Waals surface area contributed by atoms with E-state index in [1.807, 2.05) is 0 Å². The number of ether oxygens (including phenoxy) is 1. The lowest BCUT2D eigenvalue weighted by Gasteiger charge is -2.22. The zero-order chi connectivity index (χ0) is 45.8. The summed E-state index contributed by atoms with van der Waals surface area (Å²) in [6.45, 7) is 4.96. The lowest BCUT2D eigenvalue weighted by molar-refractivity contribution is -0.143. The molecule has 0 bridgehead atoms. The standard InChI is InChI=1S/C57H113NO5/c1-3-5-7-9-11-13-15-17-19-22-25-29-33-37-41-45-49-55(60)54(53-59)58-56(61)50-46-42-38-34-30-26-23-20-24-28-32-36-40-44-48-52-63-57(62)51-47-43-39-35-31-27-21-18-16-14-12-10-8-6-4-2/h54-55,59-60H,3-53H2,1-2H3,(H,58,61). The molecule has 0 aromatic rings. The molecular weight excluding hydrogens is 779 g/mol. The minimum atomic E-state index is -0.668. The highest BCUT2D eigenvalue weighted by molar-refractivity contribution is 5.76. The predicted molar refractivity (Wildman–Crippen MR) is 274 cm³/mol. The van der Waals surface area contributed by atoms with Crippen LogP contribution in [0.25, 0.3) is 0 Å². The van der Waals surface area contributed by atoms with Crippen molar-refractivity contribution < 1.29 is 24.5 Å². The van der Waals surface area contributed by atoms with Gasteiger partial charge < -0.3 is 20.3 Å². The van der Waals surface area contributed by atoms with Crippen LogP contribution >= 0.6 is 0 Å². The molecule has 63 heavy (non-hydrogen) atoms. The van der Waals surface area contributed by atoms with Crippen molar-refractivity contribution in [1.82, 2.24) is 5.32 Å². The molecule has 0 heterocycles. The summed E-state index contributed by atoms with van der Waals surface area (Å²) in [4.78, 5) is 24.5. The van der Waals surface area contributed by atoms with Crippen molar-refractivity contribution in [3.8, 4) is 0 Å². The van der Waals surface area contributed by atoms with Gasteiger partial charge in [-0.05, 0) is 25.7 Å². The lowest BCUT2D eigenvalue weighted by atomic mass is 10.0. The van der Waals surface area contributed by atoms with E-state index >= 15 is 0 Å². The Balaban J connectivity index is 3.41. The third-order valence-electron chi connectivity index (χ3n) is 13.7. The van der Waals surface area contributed by atoms with E-state index < -0.39 is 12.1 Å². The highest BCUT2D eigenvalue weighted by atomic mass is 16.5. The summed E-state index contributed by atoms with van der Waals surface area (Å²) in [5.41, 5.74) is 0. The van der Waals surface area contributed by atoms with E-state index in [-0.39, 0.29) is 18.5 Å². The maximum atomic E-state index is 12.5. The summed E-state index contributed by atoms with van der Waals surface area (Å²) < 4.78 is 5.48. The Kier molecular flexibility index (Phi) is 52.5. The summed E-state index contributed by atoms with van der Waals surface area (Å²) >= 11 is 0. The van der Waals surface area contributed by atoms with Crippen LogP contribution in [0.3, 0.4) is 0 Å². The number of carbonyl (C=O) groups is 2. The smallest absolute Gasteiger partial charge is 0.305 e. The molecule has 6 nitrogen and oxygen atoms in total. The van der Waals surface area contributed by atoms with Gasteiger partial charge in [-0.25, -0.2) is 0 Å². The Labute approximate surface area is 394 Å². The number of hydrogen-bond acceptors (Lipinski definition) is 5. The molecule has 0 saturated heterocycles. The molecule has 0 spiro atoms. The first-order chi connectivity index (χ1) is 31.0. The Morgan fingerprint density at radius 1 is 0.381 bits per heavy atom. The molecule has 0 aliphatic heterocycles. The molecule has 0 saturated carbocycles. The van der Waals surface area contributed by atoms with Crippen molar-refractivity contribution in [1.29, 1.82) is 0 Å². The molecule has 0 aromatic heterocycles. The average Bonchev–Trinajstić information content (AvgIpc) is 3.28. The molecule has 0 radical (unpaired) electrons. The van der Waals surface area contributed by atoms with Crippen LogP contribution in [0.15, 0.2) is 0 Å². The number of amides is 1. The molecule has 0 aromatic carbocycles. The molecule has 1 amide bonds. The van der Waals surface area contributed by atoms with Gasteiger partial charge in [-0.15, -0.1) is 0 Å². The predicted octanol–water partition coefficient (Wildman–Crippen LogP) is 17.5. The van der Waals surface area contributed by atoms with Gasteiger partial charge >= 0.3 is 5.97 Å². The molecule has 0 aliphatic carbocycles. The van der Waals surface area contributed by atoms with Crippen LogP contribution in [0.1, 0.15) is 328 Å². The van der Waals surface area contributed by atoms with Crippen molar-refractivity contribution >= 4 is 11.9 Å². The second-order valence-electron chi connectivity index (χ2n) is 20.0. The number of hydrogen-bond donors (Lipinski definition) is 3. The summed E-state index contributed by atoms with van der Waals surface area (Å²) in [7, 11) is 0. The van der Waals surface area contributed by atoms with E-state index in [9.17, 15) is 19.8 Å². The third kappa shape index (κ3) is 50.1. The fourth-order valence-electron chi connectivity index (χ4n) is 9.23. The van der Waals surface area contributed by atoms with E-state index in [1.54, 1.807) is 0 Å². The largest absolute Gasteiger partial charge is 0.466 e. The van der Waals surface area contributed by atoms with Crippen molar-refractivity contribution in [3.05, 3.63) is 0 Å². The van der Waals surface area contributed by atoms with Gasteiger partial charge in [0.25, 0.3) is 0 Å². The minimum absolute atomic E-state index is 0.00460. The lowest BCUT2D eigenvalue weighted by Crippen LogP contribution is -2.45. The Morgan fingerprint density at radius 3 is 0.968 bits per heavy atom. The van der Waals surface area contributed by atoms with Gasteiger partial charge in [0.15, 0.2) is 0 Å². The summed E-state index contributed by atoms with van der Waals surface area (Å²) in [6, 6.07) is -0.546. The zero-order valence-electron chi connectivity index (χ0n) is 42.8. The van der Waals surface area contributed by atoms with Gasteiger partial charge in [0, 0.05) is 12.8 Å². The quantitative estimate of drug-likeness (QED) is 0.0418. The van der Waals surface area contributed by atoms with Crippen LogP contribution < -0.4 is 5.32 Å². The number of carbonyl (C=O) groups excluding carboxylic acids is 2. The van der Waals surface area contributed by atoms with Crippen LogP contribution in [0.2, 0.25) is 0 Å². The second-order valence-corrected chi connectivity index (χ2v) is 20.0. The van der Waals surface area contributed by atoms with Crippen LogP contribution in [0.5, 0.6) is 0 Å². The van der Waals surface area contributed by atoms with Crippen LogP contribution in [0.4, 0.5) is 0 Å². The minimum Gasteiger partial charge on any atom is -0.466 e. The van der Waals surface area contributed by atoms with E-state index in [2.05, 4.69) is 19.2 Å². The topological polar surface area (TPSA) is 95.9 Å². The molecule has 2 atom stereocenters. The Hall–Kier alpha value is -1.14. The molecular formula is C57H113NO5. The van der Waals surface area contributed by atoms with E-state index in [0.717, 1.165) is 44.9 Å². The first-order valence-corrected chi connectivity index (χ1v) is 28.8. The van der Waals surface area contributed by atoms with Gasteiger partial charge in [0.2, 0.25) is 5.91 Å². The Bertz CT molecular complexity index is 898. The molecule has 0 aliphatic rings. The highest BCUT2D eigenvalue weighted by Crippen LogP contribution is 2.18. The monoisotopic (exact) mass is 892 g/mol. The normalized spacial score (nSPS) is 12.5. The summed E-state index contributed by atoms with van der Waals surface area (Å²) in [5.74, 6) is -0.0357. The summed E-state index contributed by atoms with van der Waals surface area (Å²) in [6.07, 6.45) is 60.8. The molecule has 0 fully saturated rings. The van der Waals surface area contributed by atoms with Crippen LogP contribution in [0, 0.1) is 0 Å². The van der Waals surface area contributed by atoms with Gasteiger partial charge in [-0.1, -0.05) is 290 Å². The maximum Gasteiger partial charge on any atom is 0.305 e. The van der Waals surface area contributed by atoms with E-state index in [0.29, 0.717) is 25.9 Å². The molecule has 376 valence electrons. The summed E-state index contributed by atoms with van der Waals surface area (Å²) in [5, 5.41) is 23.3. The molecule has 3 N–H and O–H groups in total. The number of esters is 1. The number of aliphatic hydroxyl groups excluding tert-OH is 2. The number of rotatable bonds is 54. The van der Waals surface area contributed by atoms with Crippen molar-refractivity contribution in [2.24, 2.45) is 0 Å². The SMILES string of the molecule is CCCCCCCCCCCCCCCCCCC(O)C(CO)NC(=O)CCCCCCCCCCCCCCCCCOC(=O)CCCCCCCCCCCCCCCCC. The number of unbranched alkanes of at least 4 members (excludes halogenated alkanes) is 43. The van der Waals surface area contributed by atoms with Gasteiger partial charge in [0.05, 0.1) is 25.4 Å². The Morgan fingerprint density at radius 2 is 0.651 bits per heavy atom. The fraction of sp³-hybridized carbons (Fsp3) is 0.965. The van der Waals surface area contributed by atoms with Crippen molar-refractivity contribution in [2.75, 3.05) is 13.2 Å². The van der Waals surface area contributed by atoms with Crippen LogP contribution in [-0.4, -0.2) is 47.4 Å².